The summed E-state index contributed by atoms with van der Waals surface area (Å²) in [7, 11) is 0. The molecule has 58 heavy (non-hydrogen) atoms. The number of rotatable bonds is 8. The lowest BCUT2D eigenvalue weighted by Crippen LogP contribution is -2.14. The smallest absolute Gasteiger partial charge is 0.227 e. The molecule has 2 aromatic heterocycles. The third-order valence-corrected chi connectivity index (χ3v) is 12.1. The van der Waals surface area contributed by atoms with E-state index in [1.165, 1.54) is 31.3 Å². The fourth-order valence-corrected chi connectivity index (χ4v) is 9.37. The first kappa shape index (κ1) is 33.8. The zero-order valence-corrected chi connectivity index (χ0v) is 32.2. The molecule has 0 bridgehead atoms. The van der Waals surface area contributed by atoms with Gasteiger partial charge in [0.1, 0.15) is 5.52 Å². The number of aromatic nitrogens is 1. The summed E-state index contributed by atoms with van der Waals surface area (Å²) in [6.07, 6.45) is 0. The highest BCUT2D eigenvalue weighted by atomic mass is 32.1. The minimum Gasteiger partial charge on any atom is -0.436 e. The van der Waals surface area contributed by atoms with Crippen molar-refractivity contribution in [1.29, 1.82) is 0 Å². The van der Waals surface area contributed by atoms with Crippen LogP contribution in [0.4, 0.5) is 34.1 Å². The molecule has 11 rings (SSSR count). The third kappa shape index (κ3) is 5.88. The normalized spacial score (nSPS) is 11.4. The van der Waals surface area contributed by atoms with E-state index < -0.39 is 0 Å². The highest BCUT2D eigenvalue weighted by molar-refractivity contribution is 7.26. The lowest BCUT2D eigenvalue weighted by Gasteiger charge is -2.31. The quantitative estimate of drug-likeness (QED) is 0.154. The average molecular weight is 762 g/mol. The van der Waals surface area contributed by atoms with E-state index in [-0.39, 0.29) is 0 Å². The van der Waals surface area contributed by atoms with Crippen molar-refractivity contribution in [2.75, 3.05) is 9.80 Å². The Bertz CT molecular complexity index is 3210. The van der Waals surface area contributed by atoms with Crippen molar-refractivity contribution >= 4 is 87.5 Å². The van der Waals surface area contributed by atoms with Crippen LogP contribution in [0.2, 0.25) is 0 Å². The van der Waals surface area contributed by atoms with Gasteiger partial charge in [-0.25, -0.2) is 4.98 Å². The zero-order valence-electron chi connectivity index (χ0n) is 31.4. The van der Waals surface area contributed by atoms with Gasteiger partial charge >= 0.3 is 0 Å². The van der Waals surface area contributed by atoms with Gasteiger partial charge in [0.05, 0.1) is 16.1 Å². The molecule has 0 unspecified atom stereocenters. The zero-order chi connectivity index (χ0) is 38.4. The standard InChI is InChI=1S/C53H35N3OS/c1-5-16-36(17-6-1)37-28-30-41(31-29-37)55(39-20-9-3-10-21-39)48-35-42(34-46-43(48)32-33-49-51(46)54-53(57-49)38-18-7-2-8-19-38)56(40-22-11-4-12-23-40)47-26-15-25-45-44-24-13-14-27-50(44)58-52(45)47/h1-35H. The lowest BCUT2D eigenvalue weighted by atomic mass is 10.0. The Balaban J connectivity index is 1.21. The van der Waals surface area contributed by atoms with E-state index in [0.717, 1.165) is 61.6 Å². The van der Waals surface area contributed by atoms with E-state index in [4.69, 9.17) is 9.40 Å². The van der Waals surface area contributed by atoms with Gasteiger partial charge in [0.2, 0.25) is 5.89 Å². The third-order valence-electron chi connectivity index (χ3n) is 10.9. The maximum Gasteiger partial charge on any atom is 0.227 e. The van der Waals surface area contributed by atoms with Crippen molar-refractivity contribution < 1.29 is 4.42 Å². The Morgan fingerprint density at radius 3 is 1.66 bits per heavy atom. The summed E-state index contributed by atoms with van der Waals surface area (Å²) < 4.78 is 9.01. The van der Waals surface area contributed by atoms with Crippen LogP contribution in [0.5, 0.6) is 0 Å². The first-order valence-corrected chi connectivity index (χ1v) is 20.3. The van der Waals surface area contributed by atoms with Crippen molar-refractivity contribution in [2.24, 2.45) is 0 Å². The van der Waals surface area contributed by atoms with Crippen LogP contribution < -0.4 is 9.80 Å². The number of thiophene rings is 1. The highest BCUT2D eigenvalue weighted by Crippen LogP contribution is 2.49. The summed E-state index contributed by atoms with van der Waals surface area (Å²) in [5, 5.41) is 4.58. The minimum atomic E-state index is 0.599. The van der Waals surface area contributed by atoms with Crippen LogP contribution in [0.1, 0.15) is 0 Å². The summed E-state index contributed by atoms with van der Waals surface area (Å²) in [6, 6.07) is 75.1. The Kier molecular flexibility index (Phi) is 8.30. The molecular formula is C53H35N3OS. The van der Waals surface area contributed by atoms with Gasteiger partial charge in [0.15, 0.2) is 5.58 Å². The number of anilines is 6. The first-order chi connectivity index (χ1) is 28.8. The van der Waals surface area contributed by atoms with Gasteiger partial charge in [-0.3, -0.25) is 0 Å². The van der Waals surface area contributed by atoms with E-state index in [1.54, 1.807) is 0 Å². The average Bonchev–Trinajstić information content (AvgIpc) is 3.92. The SMILES string of the molecule is c1ccc(-c2ccc(N(c3ccccc3)c3cc(N(c4ccccc4)c4cccc5c4sc4ccccc45)cc4c3ccc3oc(-c5ccccc5)nc34)cc2)cc1. The maximum atomic E-state index is 6.51. The predicted molar refractivity (Wildman–Crippen MR) is 245 cm³/mol. The van der Waals surface area contributed by atoms with Crippen molar-refractivity contribution in [2.45, 2.75) is 0 Å². The number of fused-ring (bicyclic) bond motifs is 6. The van der Waals surface area contributed by atoms with Crippen molar-refractivity contribution in [3.05, 3.63) is 212 Å². The van der Waals surface area contributed by atoms with Crippen LogP contribution >= 0.6 is 11.3 Å². The molecule has 0 N–H and O–H groups in total. The summed E-state index contributed by atoms with van der Waals surface area (Å²) in [4.78, 5) is 10.00. The highest BCUT2D eigenvalue weighted by Gasteiger charge is 2.24. The largest absolute Gasteiger partial charge is 0.436 e. The number of oxazole rings is 1. The molecule has 0 aliphatic heterocycles. The van der Waals surface area contributed by atoms with Crippen LogP contribution in [-0.4, -0.2) is 4.98 Å². The topological polar surface area (TPSA) is 32.5 Å². The fraction of sp³-hybridized carbons (Fsp3) is 0. The van der Waals surface area contributed by atoms with Gasteiger partial charge in [-0.05, 0) is 96.1 Å². The summed E-state index contributed by atoms with van der Waals surface area (Å²) in [6.45, 7) is 0. The van der Waals surface area contributed by atoms with Gasteiger partial charge in [-0.1, -0.05) is 127 Å². The Morgan fingerprint density at radius 2 is 0.948 bits per heavy atom. The van der Waals surface area contributed by atoms with E-state index in [1.807, 2.05) is 41.7 Å². The monoisotopic (exact) mass is 761 g/mol. The first-order valence-electron chi connectivity index (χ1n) is 19.5. The molecule has 0 fully saturated rings. The Hall–Kier alpha value is -7.47. The fourth-order valence-electron chi connectivity index (χ4n) is 8.16. The molecular weight excluding hydrogens is 727 g/mol. The molecule has 4 nitrogen and oxygen atoms in total. The summed E-state index contributed by atoms with van der Waals surface area (Å²) >= 11 is 1.84. The molecule has 2 heterocycles. The molecule has 0 atom stereocenters. The van der Waals surface area contributed by atoms with Crippen molar-refractivity contribution in [1.82, 2.24) is 4.98 Å². The molecule has 0 saturated heterocycles. The number of hydrogen-bond donors (Lipinski definition) is 0. The lowest BCUT2D eigenvalue weighted by molar-refractivity contribution is 0.620. The number of para-hydroxylation sites is 2. The molecule has 0 saturated carbocycles. The van der Waals surface area contributed by atoms with Crippen LogP contribution in [0, 0.1) is 0 Å². The molecule has 0 aliphatic carbocycles. The number of benzene rings is 9. The van der Waals surface area contributed by atoms with Gasteiger partial charge in [0.25, 0.3) is 0 Å². The molecule has 0 aliphatic rings. The second kappa shape index (κ2) is 14.2. The number of nitrogens with zero attached hydrogens (tertiary/aromatic N) is 3. The molecule has 274 valence electrons. The van der Waals surface area contributed by atoms with Gasteiger partial charge in [0, 0.05) is 54.6 Å². The molecule has 11 aromatic rings. The van der Waals surface area contributed by atoms with E-state index >= 15 is 0 Å². The summed E-state index contributed by atoms with van der Waals surface area (Å²) in [5.74, 6) is 0.599. The minimum absolute atomic E-state index is 0.599. The van der Waals surface area contributed by atoms with Crippen LogP contribution in [0.15, 0.2) is 217 Å². The van der Waals surface area contributed by atoms with Crippen LogP contribution in [0.25, 0.3) is 64.6 Å². The van der Waals surface area contributed by atoms with Gasteiger partial charge in [-0.15, -0.1) is 11.3 Å². The van der Waals surface area contributed by atoms with Gasteiger partial charge in [-0.2, -0.15) is 0 Å². The molecule has 0 amide bonds. The second-order valence-corrected chi connectivity index (χ2v) is 15.4. The Labute approximate surface area is 340 Å². The van der Waals surface area contributed by atoms with Crippen molar-refractivity contribution in [3.8, 4) is 22.6 Å². The van der Waals surface area contributed by atoms with Crippen molar-refractivity contribution in [3.63, 3.8) is 0 Å². The molecule has 0 radical (unpaired) electrons. The van der Waals surface area contributed by atoms with Gasteiger partial charge < -0.3 is 14.2 Å². The van der Waals surface area contributed by atoms with E-state index in [2.05, 4.69) is 192 Å². The Morgan fingerprint density at radius 1 is 0.379 bits per heavy atom. The molecule has 0 spiro atoms. The maximum absolute atomic E-state index is 6.51. The van der Waals surface area contributed by atoms with E-state index in [9.17, 15) is 0 Å². The molecule has 5 heteroatoms. The van der Waals surface area contributed by atoms with Crippen LogP contribution in [-0.2, 0) is 0 Å². The summed E-state index contributed by atoms with van der Waals surface area (Å²) in [5.41, 5.74) is 11.2. The molecule has 9 aromatic carbocycles. The predicted octanol–water partition coefficient (Wildman–Crippen LogP) is 15.6. The van der Waals surface area contributed by atoms with E-state index in [0.29, 0.717) is 5.89 Å². The second-order valence-electron chi connectivity index (χ2n) is 14.4. The van der Waals surface area contributed by atoms with Crippen LogP contribution in [0.3, 0.4) is 0 Å². The number of hydrogen-bond acceptors (Lipinski definition) is 5.